The van der Waals surface area contributed by atoms with Crippen molar-refractivity contribution in [2.75, 3.05) is 7.11 Å². The maximum Gasteiger partial charge on any atom is 0.303 e. The summed E-state index contributed by atoms with van der Waals surface area (Å²) < 4.78 is 26.5. The van der Waals surface area contributed by atoms with E-state index in [0.29, 0.717) is 23.8 Å². The highest BCUT2D eigenvalue weighted by molar-refractivity contribution is 5.71. The van der Waals surface area contributed by atoms with Gasteiger partial charge in [0, 0.05) is 5.56 Å². The first kappa shape index (κ1) is 26.7. The zero-order chi connectivity index (χ0) is 26.7. The number of carboxylic acids is 1. The van der Waals surface area contributed by atoms with Gasteiger partial charge in [-0.2, -0.15) is 0 Å². The predicted molar refractivity (Wildman–Crippen MR) is 145 cm³/mol. The summed E-state index contributed by atoms with van der Waals surface area (Å²) in [6, 6.07) is 18.7. The fourth-order valence-corrected chi connectivity index (χ4v) is 4.85. The molecule has 0 aromatic heterocycles. The van der Waals surface area contributed by atoms with Crippen molar-refractivity contribution in [3.05, 3.63) is 83.2 Å². The van der Waals surface area contributed by atoms with Crippen LogP contribution in [0, 0.1) is 17.2 Å². The van der Waals surface area contributed by atoms with Gasteiger partial charge < -0.3 is 14.6 Å². The fourth-order valence-electron chi connectivity index (χ4n) is 4.85. The number of ether oxygens (including phenoxy) is 2. The number of benzene rings is 3. The van der Waals surface area contributed by atoms with E-state index in [1.54, 1.807) is 19.2 Å². The van der Waals surface area contributed by atoms with Crippen molar-refractivity contribution in [2.24, 2.45) is 11.3 Å². The average Bonchev–Trinajstić information content (AvgIpc) is 3.71. The van der Waals surface area contributed by atoms with Crippen LogP contribution in [0.3, 0.4) is 0 Å². The maximum atomic E-state index is 14.9. The number of carbonyl (C=O) groups is 1. The smallest absolute Gasteiger partial charge is 0.303 e. The van der Waals surface area contributed by atoms with E-state index in [4.69, 9.17) is 9.47 Å². The molecule has 1 fully saturated rings. The summed E-state index contributed by atoms with van der Waals surface area (Å²) in [6.07, 6.45) is 2.31. The Morgan fingerprint density at radius 2 is 1.78 bits per heavy atom. The van der Waals surface area contributed by atoms with Gasteiger partial charge in [-0.05, 0) is 88.6 Å². The standard InChI is InChI=1S/C32H37FO4/c1-20(32(2,3)4)27-15-21(9-13-26(27)29-17-24(36-5)12-14-30(29)33)19-37-25-8-6-7-23(16-25)28(18-31(34)35)22-10-11-22/h6-9,12-17,20,22,28H,10-11,18-19H2,1-5H3,(H,34,35)/t20-,28-/m0/s1. The molecule has 0 amide bonds. The highest BCUT2D eigenvalue weighted by Gasteiger charge is 2.34. The third-order valence-electron chi connectivity index (χ3n) is 7.62. The van der Waals surface area contributed by atoms with Gasteiger partial charge in [-0.3, -0.25) is 4.79 Å². The highest BCUT2D eigenvalue weighted by Crippen LogP contribution is 2.45. The molecule has 0 radical (unpaired) electrons. The number of halogens is 1. The Labute approximate surface area is 219 Å². The first-order chi connectivity index (χ1) is 17.6. The van der Waals surface area contributed by atoms with E-state index < -0.39 is 5.97 Å². The summed E-state index contributed by atoms with van der Waals surface area (Å²) in [6.45, 7) is 9.09. The Morgan fingerprint density at radius 1 is 1.03 bits per heavy atom. The molecule has 4 rings (SSSR count). The van der Waals surface area contributed by atoms with E-state index in [-0.39, 0.29) is 29.5 Å². The van der Waals surface area contributed by atoms with E-state index in [0.717, 1.165) is 40.8 Å². The summed E-state index contributed by atoms with van der Waals surface area (Å²) in [5, 5.41) is 9.36. The summed E-state index contributed by atoms with van der Waals surface area (Å²) in [4.78, 5) is 11.4. The molecule has 0 aliphatic heterocycles. The molecule has 3 aromatic rings. The van der Waals surface area contributed by atoms with E-state index in [9.17, 15) is 14.3 Å². The third-order valence-corrected chi connectivity index (χ3v) is 7.62. The third kappa shape index (κ3) is 6.51. The Kier molecular flexibility index (Phi) is 7.91. The van der Waals surface area contributed by atoms with Gasteiger partial charge in [0.05, 0.1) is 13.5 Å². The first-order valence-corrected chi connectivity index (χ1v) is 13.0. The van der Waals surface area contributed by atoms with Crippen LogP contribution in [0.4, 0.5) is 4.39 Å². The average molecular weight is 505 g/mol. The number of rotatable bonds is 10. The summed E-state index contributed by atoms with van der Waals surface area (Å²) in [5.41, 5.74) is 4.42. The van der Waals surface area contributed by atoms with Crippen molar-refractivity contribution in [1.82, 2.24) is 0 Å². The van der Waals surface area contributed by atoms with Gasteiger partial charge in [0.1, 0.15) is 23.9 Å². The minimum absolute atomic E-state index is 0.0253. The Hall–Kier alpha value is -3.34. The van der Waals surface area contributed by atoms with Crippen LogP contribution in [-0.2, 0) is 11.4 Å². The van der Waals surface area contributed by atoms with Crippen LogP contribution in [-0.4, -0.2) is 18.2 Å². The number of methoxy groups -OCH3 is 1. The van der Waals surface area contributed by atoms with Gasteiger partial charge in [-0.15, -0.1) is 0 Å². The van der Waals surface area contributed by atoms with Crippen molar-refractivity contribution in [3.63, 3.8) is 0 Å². The lowest BCUT2D eigenvalue weighted by Gasteiger charge is -2.30. The molecule has 1 aliphatic rings. The molecule has 0 heterocycles. The summed E-state index contributed by atoms with van der Waals surface area (Å²) in [5.74, 6) is 0.917. The quantitative estimate of drug-likeness (QED) is 0.302. The number of hydrogen-bond donors (Lipinski definition) is 1. The summed E-state index contributed by atoms with van der Waals surface area (Å²) in [7, 11) is 1.58. The number of aliphatic carboxylic acids is 1. The number of hydrogen-bond acceptors (Lipinski definition) is 3. The first-order valence-electron chi connectivity index (χ1n) is 13.0. The maximum absolute atomic E-state index is 14.9. The molecule has 4 nitrogen and oxygen atoms in total. The Morgan fingerprint density at radius 3 is 2.43 bits per heavy atom. The van der Waals surface area contributed by atoms with Crippen molar-refractivity contribution in [2.45, 2.75) is 65.4 Å². The zero-order valence-electron chi connectivity index (χ0n) is 22.4. The molecule has 1 aliphatic carbocycles. The lowest BCUT2D eigenvalue weighted by atomic mass is 9.75. The molecule has 1 N–H and O–H groups in total. The van der Waals surface area contributed by atoms with Crippen molar-refractivity contribution >= 4 is 5.97 Å². The lowest BCUT2D eigenvalue weighted by molar-refractivity contribution is -0.137. The van der Waals surface area contributed by atoms with Crippen molar-refractivity contribution in [1.29, 1.82) is 0 Å². The van der Waals surface area contributed by atoms with Gasteiger partial charge in [0.25, 0.3) is 0 Å². The van der Waals surface area contributed by atoms with Gasteiger partial charge in [-0.25, -0.2) is 4.39 Å². The molecule has 0 bridgehead atoms. The molecule has 5 heteroatoms. The Bertz CT molecular complexity index is 1260. The molecule has 37 heavy (non-hydrogen) atoms. The SMILES string of the molecule is COc1ccc(F)c(-c2ccc(COc3cccc([C@@H](CC(=O)O)C4CC4)c3)cc2[C@H](C)C(C)(C)C)c1. The molecule has 3 aromatic carbocycles. The van der Waals surface area contributed by atoms with Crippen LogP contribution in [0.25, 0.3) is 11.1 Å². The lowest BCUT2D eigenvalue weighted by Crippen LogP contribution is -2.16. The normalized spacial score (nSPS) is 15.2. The largest absolute Gasteiger partial charge is 0.497 e. The van der Waals surface area contributed by atoms with E-state index in [1.165, 1.54) is 6.07 Å². The fraction of sp³-hybridized carbons (Fsp3) is 0.406. The van der Waals surface area contributed by atoms with Crippen molar-refractivity contribution in [3.8, 4) is 22.6 Å². The highest BCUT2D eigenvalue weighted by atomic mass is 19.1. The van der Waals surface area contributed by atoms with Crippen LogP contribution in [0.5, 0.6) is 11.5 Å². The molecular formula is C32H37FO4. The van der Waals surface area contributed by atoms with Crippen LogP contribution in [0.1, 0.15) is 75.5 Å². The molecular weight excluding hydrogens is 467 g/mol. The van der Waals surface area contributed by atoms with E-state index >= 15 is 0 Å². The second kappa shape index (κ2) is 11.0. The van der Waals surface area contributed by atoms with E-state index in [2.05, 4.69) is 33.8 Å². The monoisotopic (exact) mass is 504 g/mol. The van der Waals surface area contributed by atoms with Crippen LogP contribution in [0.15, 0.2) is 60.7 Å². The van der Waals surface area contributed by atoms with Crippen molar-refractivity contribution < 1.29 is 23.8 Å². The summed E-state index contributed by atoms with van der Waals surface area (Å²) >= 11 is 0. The zero-order valence-corrected chi connectivity index (χ0v) is 22.4. The van der Waals surface area contributed by atoms with Gasteiger partial charge >= 0.3 is 5.97 Å². The van der Waals surface area contributed by atoms with E-state index in [1.807, 2.05) is 36.4 Å². The van der Waals surface area contributed by atoms with Crippen LogP contribution in [0.2, 0.25) is 0 Å². The molecule has 0 unspecified atom stereocenters. The Balaban J connectivity index is 1.61. The van der Waals surface area contributed by atoms with Gasteiger partial charge in [0.15, 0.2) is 0 Å². The molecule has 1 saturated carbocycles. The second-order valence-corrected chi connectivity index (χ2v) is 11.3. The molecule has 0 saturated heterocycles. The molecule has 2 atom stereocenters. The second-order valence-electron chi connectivity index (χ2n) is 11.3. The van der Waals surface area contributed by atoms with Crippen LogP contribution < -0.4 is 9.47 Å². The molecule has 196 valence electrons. The van der Waals surface area contributed by atoms with Crippen LogP contribution >= 0.6 is 0 Å². The predicted octanol–water partition coefficient (Wildman–Crippen LogP) is 8.20. The van der Waals surface area contributed by atoms with Gasteiger partial charge in [0.2, 0.25) is 0 Å². The van der Waals surface area contributed by atoms with Gasteiger partial charge in [-0.1, -0.05) is 58.0 Å². The minimum atomic E-state index is -0.767. The minimum Gasteiger partial charge on any atom is -0.497 e. The number of carboxylic acid groups (broad SMARTS) is 1. The molecule has 0 spiro atoms. The topological polar surface area (TPSA) is 55.8 Å².